The molecule has 0 radical (unpaired) electrons. The zero-order chi connectivity index (χ0) is 16.4. The molecule has 3 heterocycles. The lowest BCUT2D eigenvalue weighted by Crippen LogP contribution is -2.47. The normalized spacial score (nSPS) is 35.6. The van der Waals surface area contributed by atoms with Gasteiger partial charge in [-0.1, -0.05) is 13.3 Å². The summed E-state index contributed by atoms with van der Waals surface area (Å²) in [5.41, 5.74) is 0. The Bertz CT molecular complexity index is 446. The smallest absolute Gasteiger partial charge is 0.332 e. The molecule has 0 unspecified atom stereocenters. The Morgan fingerprint density at radius 1 is 1.13 bits per heavy atom. The third-order valence-electron chi connectivity index (χ3n) is 5.69. The minimum Gasteiger partial charge on any atom is -0.479 e. The molecular weight excluding hydrogens is 298 g/mol. The Kier molecular flexibility index (Phi) is 5.21. The maximum atomic E-state index is 12.6. The second-order valence-electron chi connectivity index (χ2n) is 6.99. The number of carbonyl (C=O) groups is 2. The number of piperidine rings is 1. The highest BCUT2D eigenvalue weighted by Crippen LogP contribution is 2.33. The summed E-state index contributed by atoms with van der Waals surface area (Å²) in [5, 5.41) is 9.02. The number of amides is 1. The molecule has 0 aromatic rings. The molecule has 3 fully saturated rings. The third kappa shape index (κ3) is 3.53. The zero-order valence-corrected chi connectivity index (χ0v) is 13.8. The van der Waals surface area contributed by atoms with E-state index in [-0.39, 0.29) is 18.1 Å². The fourth-order valence-electron chi connectivity index (χ4n) is 4.19. The van der Waals surface area contributed by atoms with Crippen molar-refractivity contribution in [3.8, 4) is 0 Å². The van der Waals surface area contributed by atoms with E-state index in [9.17, 15) is 9.59 Å². The molecule has 3 aliphatic rings. The maximum absolute atomic E-state index is 12.6. The zero-order valence-electron chi connectivity index (χ0n) is 13.8. The molecule has 1 amide bonds. The van der Waals surface area contributed by atoms with Gasteiger partial charge in [-0.3, -0.25) is 4.79 Å². The van der Waals surface area contributed by atoms with Crippen molar-refractivity contribution in [1.82, 2.24) is 4.90 Å². The molecule has 1 N–H and O–H groups in total. The van der Waals surface area contributed by atoms with Gasteiger partial charge >= 0.3 is 5.97 Å². The van der Waals surface area contributed by atoms with Crippen LogP contribution in [0.25, 0.3) is 0 Å². The van der Waals surface area contributed by atoms with E-state index in [1.807, 2.05) is 4.90 Å². The van der Waals surface area contributed by atoms with Gasteiger partial charge in [-0.2, -0.15) is 0 Å². The lowest BCUT2D eigenvalue weighted by molar-refractivity contribution is -0.151. The number of carboxylic acids is 1. The van der Waals surface area contributed by atoms with Crippen LogP contribution in [0.3, 0.4) is 0 Å². The first kappa shape index (κ1) is 16.7. The number of carboxylic acid groups (broad SMARTS) is 1. The lowest BCUT2D eigenvalue weighted by atomic mass is 9.89. The highest BCUT2D eigenvalue weighted by molar-refractivity contribution is 5.81. The number of rotatable bonds is 4. The van der Waals surface area contributed by atoms with Gasteiger partial charge in [0.2, 0.25) is 0 Å². The van der Waals surface area contributed by atoms with Crippen LogP contribution in [0.5, 0.6) is 0 Å². The number of likely N-dealkylation sites (tertiary alicyclic amines) is 1. The molecule has 0 aliphatic carbocycles. The molecule has 0 spiro atoms. The van der Waals surface area contributed by atoms with Crippen molar-refractivity contribution in [2.75, 3.05) is 19.7 Å². The number of aliphatic carboxylic acids is 1. The van der Waals surface area contributed by atoms with E-state index in [1.165, 1.54) is 0 Å². The van der Waals surface area contributed by atoms with Crippen molar-refractivity contribution in [2.45, 2.75) is 63.8 Å². The molecule has 0 bridgehead atoms. The van der Waals surface area contributed by atoms with Gasteiger partial charge in [0.1, 0.15) is 6.10 Å². The Morgan fingerprint density at radius 2 is 1.87 bits per heavy atom. The van der Waals surface area contributed by atoms with E-state index < -0.39 is 12.1 Å². The Hall–Kier alpha value is -1.14. The van der Waals surface area contributed by atoms with Gasteiger partial charge in [0.15, 0.2) is 6.10 Å². The van der Waals surface area contributed by atoms with Crippen LogP contribution in [0.2, 0.25) is 0 Å². The molecule has 0 aromatic carbocycles. The van der Waals surface area contributed by atoms with E-state index in [0.717, 1.165) is 45.2 Å². The minimum atomic E-state index is -0.857. The van der Waals surface area contributed by atoms with Gasteiger partial charge in [0.05, 0.1) is 6.10 Å². The Labute approximate surface area is 137 Å². The van der Waals surface area contributed by atoms with E-state index in [4.69, 9.17) is 14.6 Å². The molecular formula is C17H27NO5. The molecule has 3 saturated heterocycles. The summed E-state index contributed by atoms with van der Waals surface area (Å²) in [5.74, 6) is 0.0113. The number of hydrogen-bond acceptors (Lipinski definition) is 4. The topological polar surface area (TPSA) is 76.1 Å². The van der Waals surface area contributed by atoms with Gasteiger partial charge in [0, 0.05) is 19.7 Å². The highest BCUT2D eigenvalue weighted by Gasteiger charge is 2.40. The summed E-state index contributed by atoms with van der Waals surface area (Å²) in [6.45, 7) is 4.27. The summed E-state index contributed by atoms with van der Waals surface area (Å²) in [6, 6.07) is 0. The first-order valence-corrected chi connectivity index (χ1v) is 8.88. The number of hydrogen-bond donors (Lipinski definition) is 1. The third-order valence-corrected chi connectivity index (χ3v) is 5.69. The van der Waals surface area contributed by atoms with Gasteiger partial charge < -0.3 is 19.5 Å². The molecule has 4 atom stereocenters. The fourth-order valence-corrected chi connectivity index (χ4v) is 4.19. The molecule has 3 rings (SSSR count). The monoisotopic (exact) mass is 325 g/mol. The number of carbonyl (C=O) groups excluding carboxylic acids is 1. The fraction of sp³-hybridized carbons (Fsp3) is 0.882. The van der Waals surface area contributed by atoms with Crippen molar-refractivity contribution in [3.05, 3.63) is 0 Å². The largest absolute Gasteiger partial charge is 0.479 e. The molecule has 3 aliphatic heterocycles. The highest BCUT2D eigenvalue weighted by atomic mass is 16.5. The molecule has 23 heavy (non-hydrogen) atoms. The average Bonchev–Trinajstić information content (AvgIpc) is 3.23. The SMILES string of the molecule is CC[C@@H]1CCO[C@@H]1C(=O)N1CCC([C@@H]2CC[C@H](C(=O)O)O2)CC1. The van der Waals surface area contributed by atoms with Crippen LogP contribution in [-0.2, 0) is 19.1 Å². The van der Waals surface area contributed by atoms with Gasteiger partial charge in [-0.15, -0.1) is 0 Å². The second-order valence-corrected chi connectivity index (χ2v) is 6.99. The van der Waals surface area contributed by atoms with Crippen molar-refractivity contribution in [2.24, 2.45) is 11.8 Å². The quantitative estimate of drug-likeness (QED) is 0.851. The van der Waals surface area contributed by atoms with Crippen molar-refractivity contribution in [3.63, 3.8) is 0 Å². The van der Waals surface area contributed by atoms with Crippen LogP contribution in [0.1, 0.15) is 45.4 Å². The van der Waals surface area contributed by atoms with Crippen molar-refractivity contribution < 1.29 is 24.2 Å². The number of ether oxygens (including phenoxy) is 2. The van der Waals surface area contributed by atoms with E-state index in [0.29, 0.717) is 24.9 Å². The standard InChI is InChI=1S/C17H27NO5/c1-2-11-7-10-22-15(11)16(19)18-8-5-12(6-9-18)13-3-4-14(23-13)17(20)21/h11-15H,2-10H2,1H3,(H,20,21)/t11-,13+,14-,15+/m1/s1. The van der Waals surface area contributed by atoms with Crippen molar-refractivity contribution >= 4 is 11.9 Å². The lowest BCUT2D eigenvalue weighted by Gasteiger charge is -2.36. The second kappa shape index (κ2) is 7.18. The van der Waals surface area contributed by atoms with Crippen molar-refractivity contribution in [1.29, 1.82) is 0 Å². The van der Waals surface area contributed by atoms with Crippen LogP contribution in [0.4, 0.5) is 0 Å². The maximum Gasteiger partial charge on any atom is 0.332 e. The first-order valence-electron chi connectivity index (χ1n) is 8.88. The summed E-state index contributed by atoms with van der Waals surface area (Å²) in [4.78, 5) is 25.5. The summed E-state index contributed by atoms with van der Waals surface area (Å²) >= 11 is 0. The summed E-state index contributed by atoms with van der Waals surface area (Å²) < 4.78 is 11.3. The Morgan fingerprint density at radius 3 is 2.48 bits per heavy atom. The van der Waals surface area contributed by atoms with Gasteiger partial charge in [-0.05, 0) is 43.9 Å². The Balaban J connectivity index is 1.49. The molecule has 0 aromatic heterocycles. The number of nitrogens with zero attached hydrogens (tertiary/aromatic N) is 1. The van der Waals surface area contributed by atoms with Crippen LogP contribution in [-0.4, -0.2) is 59.9 Å². The van der Waals surface area contributed by atoms with Crippen LogP contribution in [0.15, 0.2) is 0 Å². The summed E-state index contributed by atoms with van der Waals surface area (Å²) in [6.07, 6.45) is 4.33. The molecule has 0 saturated carbocycles. The summed E-state index contributed by atoms with van der Waals surface area (Å²) in [7, 11) is 0. The predicted octanol–water partition coefficient (Wildman–Crippen LogP) is 1.67. The minimum absolute atomic E-state index is 0.0412. The van der Waals surface area contributed by atoms with E-state index in [2.05, 4.69) is 6.92 Å². The molecule has 6 nitrogen and oxygen atoms in total. The predicted molar refractivity (Wildman–Crippen MR) is 83.0 cm³/mol. The molecule has 130 valence electrons. The average molecular weight is 325 g/mol. The molecule has 6 heteroatoms. The first-order chi connectivity index (χ1) is 11.1. The van der Waals surface area contributed by atoms with Crippen LogP contribution < -0.4 is 0 Å². The van der Waals surface area contributed by atoms with Crippen LogP contribution in [0, 0.1) is 11.8 Å². The van der Waals surface area contributed by atoms with E-state index >= 15 is 0 Å². The van der Waals surface area contributed by atoms with Gasteiger partial charge in [0.25, 0.3) is 5.91 Å². The van der Waals surface area contributed by atoms with Gasteiger partial charge in [-0.25, -0.2) is 4.79 Å². The van der Waals surface area contributed by atoms with Crippen LogP contribution >= 0.6 is 0 Å². The van der Waals surface area contributed by atoms with E-state index in [1.54, 1.807) is 0 Å².